The summed E-state index contributed by atoms with van der Waals surface area (Å²) in [5.74, 6) is -1.45. The minimum Gasteiger partial charge on any atom is -0.454 e. The highest BCUT2D eigenvalue weighted by Gasteiger charge is 2.08. The van der Waals surface area contributed by atoms with Gasteiger partial charge in [0.15, 0.2) is 6.61 Å². The van der Waals surface area contributed by atoms with Crippen LogP contribution < -0.4 is 10.6 Å². The van der Waals surface area contributed by atoms with Crippen LogP contribution >= 0.6 is 0 Å². The first kappa shape index (κ1) is 17.4. The third-order valence-corrected chi connectivity index (χ3v) is 2.45. The maximum Gasteiger partial charge on any atom is 0.325 e. The Morgan fingerprint density at radius 2 is 1.86 bits per heavy atom. The lowest BCUT2D eigenvalue weighted by Gasteiger charge is -2.08. The Kier molecular flexibility index (Phi) is 7.39. The third-order valence-electron chi connectivity index (χ3n) is 2.45. The smallest absolute Gasteiger partial charge is 0.325 e. The van der Waals surface area contributed by atoms with E-state index in [4.69, 9.17) is 4.74 Å². The van der Waals surface area contributed by atoms with Gasteiger partial charge in [0.25, 0.3) is 5.91 Å². The van der Waals surface area contributed by atoms with Crippen LogP contribution in [-0.4, -0.2) is 37.0 Å². The zero-order valence-corrected chi connectivity index (χ0v) is 12.7. The molecule has 1 aromatic carbocycles. The van der Waals surface area contributed by atoms with E-state index in [1.165, 1.54) is 6.08 Å². The Morgan fingerprint density at radius 1 is 1.18 bits per heavy atom. The summed E-state index contributed by atoms with van der Waals surface area (Å²) in [6, 6.07) is 9.28. The third kappa shape index (κ3) is 7.84. The second kappa shape index (κ2) is 9.33. The van der Waals surface area contributed by atoms with Crippen LogP contribution in [0.2, 0.25) is 0 Å². The van der Waals surface area contributed by atoms with Gasteiger partial charge in [-0.3, -0.25) is 14.4 Å². The van der Waals surface area contributed by atoms with E-state index >= 15 is 0 Å². The lowest BCUT2D eigenvalue weighted by atomic mass is 10.2. The van der Waals surface area contributed by atoms with Crippen molar-refractivity contribution in [3.8, 4) is 0 Å². The molecule has 0 aromatic heterocycles. The average molecular weight is 304 g/mol. The Hall–Kier alpha value is -2.63. The Bertz CT molecular complexity index is 538. The molecule has 2 N–H and O–H groups in total. The van der Waals surface area contributed by atoms with Crippen molar-refractivity contribution in [1.82, 2.24) is 10.6 Å². The van der Waals surface area contributed by atoms with Crippen LogP contribution in [-0.2, 0) is 19.1 Å². The minimum absolute atomic E-state index is 0.0194. The lowest BCUT2D eigenvalue weighted by molar-refractivity contribution is -0.148. The van der Waals surface area contributed by atoms with E-state index in [0.29, 0.717) is 0 Å². The molecule has 0 radical (unpaired) electrons. The van der Waals surface area contributed by atoms with Crippen molar-refractivity contribution in [3.63, 3.8) is 0 Å². The fourth-order valence-corrected chi connectivity index (χ4v) is 1.51. The van der Waals surface area contributed by atoms with Gasteiger partial charge in [0, 0.05) is 12.1 Å². The number of rotatable bonds is 7. The van der Waals surface area contributed by atoms with E-state index in [0.717, 1.165) is 5.56 Å². The zero-order chi connectivity index (χ0) is 16.4. The first-order valence-corrected chi connectivity index (χ1v) is 6.93. The topological polar surface area (TPSA) is 84.5 Å². The van der Waals surface area contributed by atoms with Crippen LogP contribution in [0.3, 0.4) is 0 Å². The lowest BCUT2D eigenvalue weighted by Crippen LogP contribution is -2.36. The van der Waals surface area contributed by atoms with Crippen LogP contribution in [0.1, 0.15) is 19.4 Å². The highest BCUT2D eigenvalue weighted by atomic mass is 16.5. The molecule has 0 aliphatic carbocycles. The van der Waals surface area contributed by atoms with Gasteiger partial charge >= 0.3 is 5.97 Å². The molecular weight excluding hydrogens is 284 g/mol. The van der Waals surface area contributed by atoms with E-state index in [2.05, 4.69) is 10.6 Å². The number of carbonyl (C=O) groups excluding carboxylic acids is 3. The van der Waals surface area contributed by atoms with Crippen molar-refractivity contribution in [2.75, 3.05) is 13.2 Å². The number of benzene rings is 1. The van der Waals surface area contributed by atoms with Crippen LogP contribution in [0.25, 0.3) is 6.08 Å². The predicted molar refractivity (Wildman–Crippen MR) is 82.7 cm³/mol. The second-order valence-corrected chi connectivity index (χ2v) is 4.84. The summed E-state index contributed by atoms with van der Waals surface area (Å²) in [6.07, 6.45) is 2.96. The molecule has 22 heavy (non-hydrogen) atoms. The average Bonchev–Trinajstić information content (AvgIpc) is 2.49. The van der Waals surface area contributed by atoms with Gasteiger partial charge in [-0.1, -0.05) is 30.3 Å². The molecule has 0 atom stereocenters. The van der Waals surface area contributed by atoms with Crippen molar-refractivity contribution in [3.05, 3.63) is 42.0 Å². The number of ether oxygens (including phenoxy) is 1. The quantitative estimate of drug-likeness (QED) is 0.578. The summed E-state index contributed by atoms with van der Waals surface area (Å²) in [4.78, 5) is 34.2. The van der Waals surface area contributed by atoms with Gasteiger partial charge in [-0.05, 0) is 25.5 Å². The summed E-state index contributed by atoms with van der Waals surface area (Å²) in [5.41, 5.74) is 0.880. The van der Waals surface area contributed by atoms with Crippen LogP contribution in [0.5, 0.6) is 0 Å². The molecule has 0 spiro atoms. The molecule has 2 amide bonds. The molecule has 1 aromatic rings. The van der Waals surface area contributed by atoms with Gasteiger partial charge in [0.1, 0.15) is 6.54 Å². The van der Waals surface area contributed by atoms with E-state index in [9.17, 15) is 14.4 Å². The molecule has 1 rings (SSSR count). The van der Waals surface area contributed by atoms with Crippen molar-refractivity contribution >= 4 is 23.9 Å². The van der Waals surface area contributed by atoms with Crippen LogP contribution in [0.4, 0.5) is 0 Å². The van der Waals surface area contributed by atoms with Gasteiger partial charge < -0.3 is 15.4 Å². The van der Waals surface area contributed by atoms with Crippen LogP contribution in [0.15, 0.2) is 36.4 Å². The molecule has 6 nitrogen and oxygen atoms in total. The van der Waals surface area contributed by atoms with Crippen molar-refractivity contribution in [2.45, 2.75) is 19.9 Å². The highest BCUT2D eigenvalue weighted by Crippen LogP contribution is 2.00. The molecule has 0 aliphatic heterocycles. The van der Waals surface area contributed by atoms with Gasteiger partial charge in [-0.2, -0.15) is 0 Å². The normalized spacial score (nSPS) is 10.5. The van der Waals surface area contributed by atoms with Crippen molar-refractivity contribution in [1.29, 1.82) is 0 Å². The summed E-state index contributed by atoms with van der Waals surface area (Å²) >= 11 is 0. The standard InChI is InChI=1S/C16H20N2O4/c1-12(2)18-15(20)11-22-16(21)10-17-14(19)9-8-13-6-4-3-5-7-13/h3-9,12H,10-11H2,1-2H3,(H,17,19)(H,18,20)/b9-8+. The number of hydrogen-bond acceptors (Lipinski definition) is 4. The highest BCUT2D eigenvalue weighted by molar-refractivity contribution is 5.93. The molecular formula is C16H20N2O4. The number of carbonyl (C=O) groups is 3. The zero-order valence-electron chi connectivity index (χ0n) is 12.7. The Labute approximate surface area is 129 Å². The maximum atomic E-state index is 11.5. The van der Waals surface area contributed by atoms with Gasteiger partial charge in [0.2, 0.25) is 5.91 Å². The Balaban J connectivity index is 2.25. The fraction of sp³-hybridized carbons (Fsp3) is 0.312. The largest absolute Gasteiger partial charge is 0.454 e. The monoisotopic (exact) mass is 304 g/mol. The van der Waals surface area contributed by atoms with Crippen molar-refractivity contribution < 1.29 is 19.1 Å². The maximum absolute atomic E-state index is 11.5. The first-order chi connectivity index (χ1) is 10.5. The molecule has 0 saturated carbocycles. The summed E-state index contributed by atoms with van der Waals surface area (Å²) < 4.78 is 4.73. The SMILES string of the molecule is CC(C)NC(=O)COC(=O)CNC(=O)/C=C/c1ccccc1. The van der Waals surface area contributed by atoms with E-state index in [1.54, 1.807) is 19.9 Å². The Morgan fingerprint density at radius 3 is 2.50 bits per heavy atom. The van der Waals surface area contributed by atoms with E-state index < -0.39 is 11.9 Å². The van der Waals surface area contributed by atoms with Crippen LogP contribution in [0, 0.1) is 0 Å². The molecule has 0 unspecified atom stereocenters. The molecule has 0 aliphatic rings. The number of esters is 1. The molecule has 0 bridgehead atoms. The number of nitrogens with one attached hydrogen (secondary N) is 2. The number of hydrogen-bond donors (Lipinski definition) is 2. The van der Waals surface area contributed by atoms with E-state index in [1.807, 2.05) is 30.3 Å². The molecule has 118 valence electrons. The molecule has 0 heterocycles. The van der Waals surface area contributed by atoms with Crippen molar-refractivity contribution in [2.24, 2.45) is 0 Å². The van der Waals surface area contributed by atoms with Gasteiger partial charge in [0.05, 0.1) is 0 Å². The predicted octanol–water partition coefficient (Wildman–Crippen LogP) is 0.884. The number of amides is 2. The second-order valence-electron chi connectivity index (χ2n) is 4.84. The molecule has 0 saturated heterocycles. The summed E-state index contributed by atoms with van der Waals surface area (Å²) in [7, 11) is 0. The van der Waals surface area contributed by atoms with Gasteiger partial charge in [-0.15, -0.1) is 0 Å². The first-order valence-electron chi connectivity index (χ1n) is 6.93. The molecule has 0 fully saturated rings. The summed E-state index contributed by atoms with van der Waals surface area (Å²) in [6.45, 7) is 2.97. The van der Waals surface area contributed by atoms with E-state index in [-0.39, 0.29) is 25.1 Å². The molecule has 6 heteroatoms. The van der Waals surface area contributed by atoms with Gasteiger partial charge in [-0.25, -0.2) is 0 Å². The minimum atomic E-state index is -0.666. The fourth-order valence-electron chi connectivity index (χ4n) is 1.51. The summed E-state index contributed by atoms with van der Waals surface area (Å²) in [5, 5.41) is 4.97.